The molecule has 0 atom stereocenters. The van der Waals surface area contributed by atoms with Gasteiger partial charge in [0.1, 0.15) is 5.69 Å². The predicted octanol–water partition coefficient (Wildman–Crippen LogP) is 0.646. The van der Waals surface area contributed by atoms with Gasteiger partial charge >= 0.3 is 0 Å². The molecular weight excluding hydrogens is 194 g/mol. The van der Waals surface area contributed by atoms with Gasteiger partial charge in [0.05, 0.1) is 7.11 Å². The molecule has 2 aromatic heterocycles. The van der Waals surface area contributed by atoms with Crippen LogP contribution in [0.15, 0.2) is 18.2 Å². The van der Waals surface area contributed by atoms with Gasteiger partial charge in [0.15, 0.2) is 5.82 Å². The molecule has 2 heterocycles. The maximum atomic E-state index is 4.99. The highest BCUT2D eigenvalue weighted by Crippen LogP contribution is 2.13. The molecule has 0 N–H and O–H groups in total. The first kappa shape index (κ1) is 9.45. The highest BCUT2D eigenvalue weighted by molar-refractivity contribution is 5.48. The van der Waals surface area contributed by atoms with E-state index < -0.39 is 0 Å². The molecule has 0 aliphatic carbocycles. The number of methoxy groups -OCH3 is 1. The van der Waals surface area contributed by atoms with Crippen molar-refractivity contribution in [1.82, 2.24) is 25.4 Å². The van der Waals surface area contributed by atoms with E-state index in [9.17, 15) is 0 Å². The Kier molecular flexibility index (Phi) is 2.49. The van der Waals surface area contributed by atoms with Crippen molar-refractivity contribution in [2.75, 3.05) is 7.11 Å². The summed E-state index contributed by atoms with van der Waals surface area (Å²) in [4.78, 5) is 4.16. The molecule has 76 valence electrons. The second-order valence-electron chi connectivity index (χ2n) is 2.84. The lowest BCUT2D eigenvalue weighted by Crippen LogP contribution is -2.00. The Labute approximate surface area is 86.4 Å². The van der Waals surface area contributed by atoms with Crippen molar-refractivity contribution in [1.29, 1.82) is 0 Å². The van der Waals surface area contributed by atoms with Gasteiger partial charge in [-0.15, -0.1) is 20.4 Å². The van der Waals surface area contributed by atoms with Gasteiger partial charge in [0, 0.05) is 6.07 Å². The van der Waals surface area contributed by atoms with Crippen molar-refractivity contribution in [2.24, 2.45) is 0 Å². The molecule has 0 fully saturated rings. The zero-order chi connectivity index (χ0) is 10.7. The van der Waals surface area contributed by atoms with Gasteiger partial charge in [-0.05, 0) is 13.0 Å². The van der Waals surface area contributed by atoms with E-state index in [0.29, 0.717) is 23.2 Å². The molecule has 6 heteroatoms. The SMILES string of the molecule is COc1cccc(-c2nnc(C)nn2)n1. The molecule has 0 unspecified atom stereocenters. The summed E-state index contributed by atoms with van der Waals surface area (Å²) in [6.45, 7) is 1.72. The van der Waals surface area contributed by atoms with Crippen molar-refractivity contribution >= 4 is 0 Å². The quantitative estimate of drug-likeness (QED) is 0.713. The van der Waals surface area contributed by atoms with Gasteiger partial charge < -0.3 is 4.74 Å². The lowest BCUT2D eigenvalue weighted by molar-refractivity contribution is 0.398. The minimum absolute atomic E-state index is 0.388. The molecule has 0 aromatic carbocycles. The molecule has 0 bridgehead atoms. The summed E-state index contributed by atoms with van der Waals surface area (Å²) < 4.78 is 4.99. The fraction of sp³-hybridized carbons (Fsp3) is 0.222. The summed E-state index contributed by atoms with van der Waals surface area (Å²) >= 11 is 0. The average Bonchev–Trinajstić information content (AvgIpc) is 2.30. The number of pyridine rings is 1. The molecular formula is C9H9N5O. The fourth-order valence-corrected chi connectivity index (χ4v) is 1.03. The van der Waals surface area contributed by atoms with E-state index in [4.69, 9.17) is 4.74 Å². The summed E-state index contributed by atoms with van der Waals surface area (Å²) in [6, 6.07) is 5.33. The van der Waals surface area contributed by atoms with Crippen molar-refractivity contribution in [3.63, 3.8) is 0 Å². The Morgan fingerprint density at radius 2 is 1.80 bits per heavy atom. The molecule has 0 radical (unpaired) electrons. The van der Waals surface area contributed by atoms with Gasteiger partial charge in [-0.2, -0.15) is 0 Å². The average molecular weight is 203 g/mol. The van der Waals surface area contributed by atoms with Crippen molar-refractivity contribution in [3.8, 4) is 17.4 Å². The smallest absolute Gasteiger partial charge is 0.222 e. The van der Waals surface area contributed by atoms with Crippen LogP contribution in [0.1, 0.15) is 5.82 Å². The first-order valence-corrected chi connectivity index (χ1v) is 4.35. The summed E-state index contributed by atoms with van der Waals surface area (Å²) in [5.74, 6) is 1.43. The Morgan fingerprint density at radius 3 is 2.47 bits per heavy atom. The second-order valence-corrected chi connectivity index (χ2v) is 2.84. The van der Waals surface area contributed by atoms with Gasteiger partial charge in [-0.3, -0.25) is 0 Å². The fourth-order valence-electron chi connectivity index (χ4n) is 1.03. The number of nitrogens with zero attached hydrogens (tertiary/aromatic N) is 5. The first-order valence-electron chi connectivity index (χ1n) is 4.35. The van der Waals surface area contributed by atoms with Crippen molar-refractivity contribution < 1.29 is 4.74 Å². The summed E-state index contributed by atoms with van der Waals surface area (Å²) in [5.41, 5.74) is 0.592. The van der Waals surface area contributed by atoms with Crippen molar-refractivity contribution in [3.05, 3.63) is 24.0 Å². The zero-order valence-electron chi connectivity index (χ0n) is 8.38. The predicted molar refractivity (Wildman–Crippen MR) is 52.1 cm³/mol. The van der Waals surface area contributed by atoms with Crippen LogP contribution in [-0.4, -0.2) is 32.5 Å². The topological polar surface area (TPSA) is 73.7 Å². The third-order valence-corrected chi connectivity index (χ3v) is 1.74. The van der Waals surface area contributed by atoms with Crippen LogP contribution in [0.3, 0.4) is 0 Å². The van der Waals surface area contributed by atoms with Crippen molar-refractivity contribution in [2.45, 2.75) is 6.92 Å². The van der Waals surface area contributed by atoms with Gasteiger partial charge in [-0.1, -0.05) is 6.07 Å². The molecule has 0 aliphatic rings. The number of aromatic nitrogens is 5. The number of hydrogen-bond acceptors (Lipinski definition) is 6. The van der Waals surface area contributed by atoms with Crippen LogP contribution >= 0.6 is 0 Å². The summed E-state index contributed by atoms with van der Waals surface area (Å²) in [5, 5.41) is 15.4. The highest BCUT2D eigenvalue weighted by atomic mass is 16.5. The molecule has 15 heavy (non-hydrogen) atoms. The van der Waals surface area contributed by atoms with E-state index in [-0.39, 0.29) is 0 Å². The van der Waals surface area contributed by atoms with E-state index in [1.165, 1.54) is 0 Å². The van der Waals surface area contributed by atoms with E-state index in [1.807, 2.05) is 6.07 Å². The zero-order valence-corrected chi connectivity index (χ0v) is 8.38. The van der Waals surface area contributed by atoms with E-state index in [0.717, 1.165) is 0 Å². The third kappa shape index (κ3) is 2.04. The molecule has 2 aromatic rings. The number of rotatable bonds is 2. The monoisotopic (exact) mass is 203 g/mol. The van der Waals surface area contributed by atoms with Crippen LogP contribution in [0.2, 0.25) is 0 Å². The van der Waals surface area contributed by atoms with Gasteiger partial charge in [0.2, 0.25) is 11.7 Å². The Hall–Kier alpha value is -2.11. The Balaban J connectivity index is 2.40. The Bertz CT molecular complexity index is 456. The van der Waals surface area contributed by atoms with Crippen LogP contribution in [0.4, 0.5) is 0 Å². The second kappa shape index (κ2) is 3.95. The van der Waals surface area contributed by atoms with Crippen LogP contribution < -0.4 is 4.74 Å². The molecule has 0 saturated carbocycles. The molecule has 0 spiro atoms. The molecule has 6 nitrogen and oxygen atoms in total. The maximum absolute atomic E-state index is 4.99. The van der Waals surface area contributed by atoms with Crippen LogP contribution in [0.25, 0.3) is 11.5 Å². The van der Waals surface area contributed by atoms with Gasteiger partial charge in [0.25, 0.3) is 0 Å². The number of ether oxygens (including phenoxy) is 1. The molecule has 0 amide bonds. The summed E-state index contributed by atoms with van der Waals surface area (Å²) in [6.07, 6.45) is 0. The lowest BCUT2D eigenvalue weighted by atomic mass is 10.3. The third-order valence-electron chi connectivity index (χ3n) is 1.74. The van der Waals surface area contributed by atoms with E-state index in [2.05, 4.69) is 25.4 Å². The minimum atomic E-state index is 0.388. The van der Waals surface area contributed by atoms with E-state index >= 15 is 0 Å². The number of aryl methyl sites for hydroxylation is 1. The maximum Gasteiger partial charge on any atom is 0.222 e. The van der Waals surface area contributed by atoms with Crippen LogP contribution in [0.5, 0.6) is 5.88 Å². The van der Waals surface area contributed by atoms with Gasteiger partial charge in [-0.25, -0.2) is 4.98 Å². The molecule has 0 saturated heterocycles. The Morgan fingerprint density at radius 1 is 1.07 bits per heavy atom. The standard InChI is InChI=1S/C9H9N5O/c1-6-11-13-9(14-12-6)7-4-3-5-8(10-7)15-2/h3-5H,1-2H3. The minimum Gasteiger partial charge on any atom is -0.481 e. The number of hydrogen-bond donors (Lipinski definition) is 0. The van der Waals surface area contributed by atoms with Crippen LogP contribution in [0, 0.1) is 6.92 Å². The lowest BCUT2D eigenvalue weighted by Gasteiger charge is -2.00. The largest absolute Gasteiger partial charge is 0.481 e. The van der Waals surface area contributed by atoms with Crippen LogP contribution in [-0.2, 0) is 0 Å². The first-order chi connectivity index (χ1) is 7.29. The highest BCUT2D eigenvalue weighted by Gasteiger charge is 2.05. The van der Waals surface area contributed by atoms with E-state index in [1.54, 1.807) is 26.2 Å². The molecule has 2 rings (SSSR count). The normalized spacial score (nSPS) is 10.0. The summed E-state index contributed by atoms with van der Waals surface area (Å²) in [7, 11) is 1.55. The molecule has 0 aliphatic heterocycles.